The lowest BCUT2D eigenvalue weighted by Gasteiger charge is -2.24. The lowest BCUT2D eigenvalue weighted by atomic mass is 9.85. The molecule has 1 saturated heterocycles. The molecule has 0 radical (unpaired) electrons. The highest BCUT2D eigenvalue weighted by Gasteiger charge is 2.38. The Labute approximate surface area is 171 Å². The number of carbonyl (C=O) groups excluding carboxylic acids is 2. The lowest BCUT2D eigenvalue weighted by Crippen LogP contribution is -2.39. The first-order valence-electron chi connectivity index (χ1n) is 9.46. The topological polar surface area (TPSA) is 67.4 Å². The van der Waals surface area contributed by atoms with Gasteiger partial charge in [0.05, 0.1) is 19.6 Å². The molecule has 3 rings (SSSR count). The molecular weight excluding hydrogens is 384 g/mol. The second-order valence-electron chi connectivity index (χ2n) is 7.17. The van der Waals surface area contributed by atoms with Gasteiger partial charge in [-0.3, -0.25) is 9.59 Å². The van der Waals surface area contributed by atoms with Crippen LogP contribution in [0.15, 0.2) is 24.3 Å². The fourth-order valence-corrected chi connectivity index (χ4v) is 4.81. The van der Waals surface area contributed by atoms with Crippen LogP contribution >= 0.6 is 24.2 Å². The molecule has 2 aliphatic rings. The number of benzene rings is 1. The Hall–Kier alpha value is -1.24. The first-order valence-corrected chi connectivity index (χ1v) is 10.6. The van der Waals surface area contributed by atoms with E-state index in [0.29, 0.717) is 18.4 Å². The SMILES string of the molecule is COC(=O)CCSCc1cccc(NC(=O)C2CC3CCCCC3N2)c1.Cl. The van der Waals surface area contributed by atoms with Gasteiger partial charge in [0.25, 0.3) is 0 Å². The Morgan fingerprint density at radius 3 is 2.89 bits per heavy atom. The number of fused-ring (bicyclic) bond motifs is 1. The van der Waals surface area contributed by atoms with Crippen LogP contribution in [0, 0.1) is 5.92 Å². The summed E-state index contributed by atoms with van der Waals surface area (Å²) < 4.78 is 4.64. The predicted molar refractivity (Wildman–Crippen MR) is 112 cm³/mol. The minimum Gasteiger partial charge on any atom is -0.469 e. The van der Waals surface area contributed by atoms with E-state index in [9.17, 15) is 9.59 Å². The molecule has 150 valence electrons. The van der Waals surface area contributed by atoms with Gasteiger partial charge in [0.2, 0.25) is 5.91 Å². The minimum absolute atomic E-state index is 0. The average molecular weight is 413 g/mol. The van der Waals surface area contributed by atoms with Gasteiger partial charge in [-0.15, -0.1) is 12.4 Å². The summed E-state index contributed by atoms with van der Waals surface area (Å²) >= 11 is 1.69. The van der Waals surface area contributed by atoms with Gasteiger partial charge in [-0.1, -0.05) is 25.0 Å². The van der Waals surface area contributed by atoms with E-state index in [-0.39, 0.29) is 30.3 Å². The molecule has 3 atom stereocenters. The zero-order valence-electron chi connectivity index (χ0n) is 15.7. The number of hydrogen-bond donors (Lipinski definition) is 2. The normalized spacial score (nSPS) is 23.8. The standard InChI is InChI=1S/C20H28N2O3S.ClH/c1-25-19(23)9-10-26-13-14-5-4-7-16(11-14)21-20(24)18-12-15-6-2-3-8-17(15)22-18;/h4-5,7,11,15,17-18,22H,2-3,6,8-10,12-13H2,1H3,(H,21,24);1H. The smallest absolute Gasteiger partial charge is 0.306 e. The summed E-state index contributed by atoms with van der Waals surface area (Å²) in [5.41, 5.74) is 1.99. The number of hydrogen-bond acceptors (Lipinski definition) is 5. The maximum Gasteiger partial charge on any atom is 0.306 e. The van der Waals surface area contributed by atoms with Crippen molar-refractivity contribution in [3.8, 4) is 0 Å². The number of esters is 1. The summed E-state index contributed by atoms with van der Waals surface area (Å²) in [5.74, 6) is 2.11. The van der Waals surface area contributed by atoms with Gasteiger partial charge in [-0.25, -0.2) is 0 Å². The van der Waals surface area contributed by atoms with Crippen LogP contribution in [0.3, 0.4) is 0 Å². The van der Waals surface area contributed by atoms with Crippen molar-refractivity contribution < 1.29 is 14.3 Å². The highest BCUT2D eigenvalue weighted by atomic mass is 35.5. The van der Waals surface area contributed by atoms with Crippen LogP contribution in [0.1, 0.15) is 44.1 Å². The molecule has 5 nitrogen and oxygen atoms in total. The van der Waals surface area contributed by atoms with E-state index in [2.05, 4.69) is 15.4 Å². The summed E-state index contributed by atoms with van der Waals surface area (Å²) in [5, 5.41) is 6.59. The van der Waals surface area contributed by atoms with Crippen LogP contribution in [0.2, 0.25) is 0 Å². The summed E-state index contributed by atoms with van der Waals surface area (Å²) in [6.07, 6.45) is 6.41. The van der Waals surface area contributed by atoms with Gasteiger partial charge in [0.15, 0.2) is 0 Å². The van der Waals surface area contributed by atoms with Crippen molar-refractivity contribution in [3.05, 3.63) is 29.8 Å². The lowest BCUT2D eigenvalue weighted by molar-refractivity contribution is -0.140. The van der Waals surface area contributed by atoms with Crippen LogP contribution in [-0.4, -0.2) is 36.8 Å². The number of nitrogens with one attached hydrogen (secondary N) is 2. The quantitative estimate of drug-likeness (QED) is 0.527. The van der Waals surface area contributed by atoms with E-state index >= 15 is 0 Å². The molecule has 3 unspecified atom stereocenters. The Balaban J connectivity index is 0.00000261. The molecule has 1 aromatic rings. The van der Waals surface area contributed by atoms with E-state index in [4.69, 9.17) is 0 Å². The summed E-state index contributed by atoms with van der Waals surface area (Å²) in [6, 6.07) is 8.42. The van der Waals surface area contributed by atoms with Gasteiger partial charge in [0, 0.05) is 23.2 Å². The molecule has 27 heavy (non-hydrogen) atoms. The molecule has 1 aliphatic carbocycles. The summed E-state index contributed by atoms with van der Waals surface area (Å²) in [4.78, 5) is 23.7. The predicted octanol–water partition coefficient (Wildman–Crippen LogP) is 3.76. The fraction of sp³-hybridized carbons (Fsp3) is 0.600. The third kappa shape index (κ3) is 6.40. The zero-order chi connectivity index (χ0) is 18.4. The molecule has 1 aromatic carbocycles. The molecule has 0 aromatic heterocycles. The Bertz CT molecular complexity index is 629. The molecule has 2 fully saturated rings. The monoisotopic (exact) mass is 412 g/mol. The average Bonchev–Trinajstić information content (AvgIpc) is 3.10. The van der Waals surface area contributed by atoms with Crippen LogP contribution < -0.4 is 10.6 Å². The molecule has 1 amide bonds. The van der Waals surface area contributed by atoms with Crippen molar-refractivity contribution >= 4 is 41.7 Å². The van der Waals surface area contributed by atoms with Crippen molar-refractivity contribution in [1.82, 2.24) is 5.32 Å². The number of carbonyl (C=O) groups is 2. The maximum atomic E-state index is 12.6. The number of methoxy groups -OCH3 is 1. The molecule has 1 saturated carbocycles. The molecule has 1 heterocycles. The number of halogens is 1. The van der Waals surface area contributed by atoms with Gasteiger partial charge < -0.3 is 15.4 Å². The summed E-state index contributed by atoms with van der Waals surface area (Å²) in [7, 11) is 1.41. The first-order chi connectivity index (χ1) is 12.7. The van der Waals surface area contributed by atoms with Gasteiger partial charge >= 0.3 is 5.97 Å². The van der Waals surface area contributed by atoms with Crippen LogP contribution in [0.5, 0.6) is 0 Å². The largest absolute Gasteiger partial charge is 0.469 e. The maximum absolute atomic E-state index is 12.6. The Morgan fingerprint density at radius 2 is 2.11 bits per heavy atom. The second kappa shape index (κ2) is 10.9. The highest BCUT2D eigenvalue weighted by molar-refractivity contribution is 7.98. The molecule has 2 N–H and O–H groups in total. The number of anilines is 1. The number of rotatable bonds is 7. The molecule has 0 spiro atoms. The Kier molecular flexibility index (Phi) is 8.93. The van der Waals surface area contributed by atoms with Crippen molar-refractivity contribution in [2.45, 2.75) is 56.4 Å². The van der Waals surface area contributed by atoms with Crippen molar-refractivity contribution in [2.24, 2.45) is 5.92 Å². The van der Waals surface area contributed by atoms with Crippen LogP contribution in [0.4, 0.5) is 5.69 Å². The van der Waals surface area contributed by atoms with E-state index in [1.54, 1.807) is 11.8 Å². The number of amides is 1. The third-order valence-corrected chi connectivity index (χ3v) is 6.35. The van der Waals surface area contributed by atoms with Crippen molar-refractivity contribution in [3.63, 3.8) is 0 Å². The van der Waals surface area contributed by atoms with E-state index in [0.717, 1.165) is 29.2 Å². The molecule has 0 bridgehead atoms. The molecule has 1 aliphatic heterocycles. The fourth-order valence-electron chi connectivity index (χ4n) is 3.94. The molecule has 7 heteroatoms. The molecular formula is C20H29ClN2O3S. The van der Waals surface area contributed by atoms with Crippen LogP contribution in [0.25, 0.3) is 0 Å². The van der Waals surface area contributed by atoms with E-state index < -0.39 is 0 Å². The zero-order valence-corrected chi connectivity index (χ0v) is 17.4. The highest BCUT2D eigenvalue weighted by Crippen LogP contribution is 2.33. The van der Waals surface area contributed by atoms with Crippen molar-refractivity contribution in [2.75, 3.05) is 18.2 Å². The van der Waals surface area contributed by atoms with Crippen LogP contribution in [-0.2, 0) is 20.1 Å². The van der Waals surface area contributed by atoms with E-state index in [1.807, 2.05) is 24.3 Å². The van der Waals surface area contributed by atoms with Crippen molar-refractivity contribution in [1.29, 1.82) is 0 Å². The van der Waals surface area contributed by atoms with Gasteiger partial charge in [-0.2, -0.15) is 11.8 Å². The number of ether oxygens (including phenoxy) is 1. The van der Waals surface area contributed by atoms with Gasteiger partial charge in [0.1, 0.15) is 0 Å². The summed E-state index contributed by atoms with van der Waals surface area (Å²) in [6.45, 7) is 0. The minimum atomic E-state index is -0.178. The Morgan fingerprint density at radius 1 is 1.30 bits per heavy atom. The van der Waals surface area contributed by atoms with E-state index in [1.165, 1.54) is 32.8 Å². The third-order valence-electron chi connectivity index (χ3n) is 5.32. The first kappa shape index (κ1) is 22.1. The van der Waals surface area contributed by atoms with Gasteiger partial charge in [-0.05, 0) is 42.9 Å². The number of thioether (sulfide) groups is 1. The second-order valence-corrected chi connectivity index (χ2v) is 8.28.